The van der Waals surface area contributed by atoms with E-state index in [1.165, 1.54) is 97.4 Å². The molecule has 0 saturated carbocycles. The molecular formula is C48H34S. The predicted octanol–water partition coefficient (Wildman–Crippen LogP) is 13.8. The molecular weight excluding hydrogens is 609 g/mol. The first-order valence-electron chi connectivity index (χ1n) is 17.0. The molecule has 9 aromatic carbocycles. The minimum atomic E-state index is -1.36. The van der Waals surface area contributed by atoms with Crippen LogP contribution in [0.2, 0.25) is 0 Å². The van der Waals surface area contributed by atoms with E-state index in [0.29, 0.717) is 0 Å². The number of benzene rings is 9. The van der Waals surface area contributed by atoms with Gasteiger partial charge in [-0.3, -0.25) is 0 Å². The van der Waals surface area contributed by atoms with Gasteiger partial charge in [0.1, 0.15) is 0 Å². The highest BCUT2D eigenvalue weighted by Crippen LogP contribution is 2.66. The Morgan fingerprint density at radius 3 is 1.20 bits per heavy atom. The summed E-state index contributed by atoms with van der Waals surface area (Å²) in [7, 11) is -1.36. The van der Waals surface area contributed by atoms with E-state index in [0.717, 1.165) is 0 Å². The minimum Gasteiger partial charge on any atom is -0.192 e. The topological polar surface area (TPSA) is 0 Å². The van der Waals surface area contributed by atoms with Gasteiger partial charge in [-0.05, 0) is 143 Å². The smallest absolute Gasteiger partial charge is 0.00274 e. The van der Waals surface area contributed by atoms with Crippen LogP contribution < -0.4 is 0 Å². The summed E-state index contributed by atoms with van der Waals surface area (Å²) >= 11 is 0. The van der Waals surface area contributed by atoms with Gasteiger partial charge in [-0.2, -0.15) is 10.0 Å². The van der Waals surface area contributed by atoms with Crippen LogP contribution in [0.15, 0.2) is 180 Å². The SMILES string of the molecule is CS1(C)c2cc(-c3ccc4ccccc4c3)ccc2-c2cc(-c3ccc4ccccc4c3)cc3cc(-c4ccc5ccccc5c4)cc1c23. The number of rotatable bonds is 3. The van der Waals surface area contributed by atoms with Crippen molar-refractivity contribution >= 4 is 53.1 Å². The van der Waals surface area contributed by atoms with Gasteiger partial charge in [0.2, 0.25) is 0 Å². The molecule has 0 aromatic heterocycles. The average Bonchev–Trinajstić information content (AvgIpc) is 3.15. The van der Waals surface area contributed by atoms with Crippen molar-refractivity contribution < 1.29 is 0 Å². The van der Waals surface area contributed by atoms with Crippen molar-refractivity contribution in [1.29, 1.82) is 0 Å². The molecule has 1 heteroatoms. The van der Waals surface area contributed by atoms with E-state index >= 15 is 0 Å². The standard InChI is InChI=1S/C48H34S/c1-49(2)46-29-40(37-18-15-31-9-3-6-12-34(31)23-37)21-22-44(46)45-28-41(38-19-16-32-10-4-7-13-35(32)24-38)26-43-27-42(30-47(49)48(43)45)39-20-17-33-11-5-8-14-36(33)25-39/h3-30H,1-2H3. The molecule has 1 aliphatic rings. The quantitative estimate of drug-likeness (QED) is 0.180. The van der Waals surface area contributed by atoms with Crippen LogP contribution in [0.5, 0.6) is 0 Å². The Bertz CT molecular complexity index is 2800. The zero-order valence-electron chi connectivity index (χ0n) is 27.6. The average molecular weight is 643 g/mol. The highest BCUT2D eigenvalue weighted by atomic mass is 32.3. The second kappa shape index (κ2) is 10.7. The summed E-state index contributed by atoms with van der Waals surface area (Å²) in [6, 6.07) is 63.7. The van der Waals surface area contributed by atoms with Crippen molar-refractivity contribution in [1.82, 2.24) is 0 Å². The molecule has 0 N–H and O–H groups in total. The van der Waals surface area contributed by atoms with Crippen LogP contribution in [0, 0.1) is 0 Å². The van der Waals surface area contributed by atoms with Crippen LogP contribution in [-0.2, 0) is 0 Å². The van der Waals surface area contributed by atoms with Crippen LogP contribution in [0.25, 0.3) is 87.6 Å². The Kier molecular flexibility index (Phi) is 6.19. The first kappa shape index (κ1) is 28.4. The van der Waals surface area contributed by atoms with Gasteiger partial charge in [0, 0.05) is 15.2 Å². The maximum Gasteiger partial charge on any atom is 0.00274 e. The summed E-state index contributed by atoms with van der Waals surface area (Å²) in [5, 5.41) is 10.4. The maximum absolute atomic E-state index is 2.51. The van der Waals surface area contributed by atoms with Gasteiger partial charge in [0.25, 0.3) is 0 Å². The molecule has 0 spiro atoms. The Labute approximate surface area is 288 Å². The first-order chi connectivity index (χ1) is 24.0. The third kappa shape index (κ3) is 4.54. The molecule has 9 aromatic rings. The number of hydrogen-bond acceptors (Lipinski definition) is 0. The van der Waals surface area contributed by atoms with Gasteiger partial charge < -0.3 is 0 Å². The van der Waals surface area contributed by atoms with Crippen LogP contribution in [0.1, 0.15) is 0 Å². The van der Waals surface area contributed by atoms with E-state index < -0.39 is 10.0 Å². The zero-order chi connectivity index (χ0) is 32.7. The molecule has 0 radical (unpaired) electrons. The normalized spacial score (nSPS) is 13.9. The highest BCUT2D eigenvalue weighted by molar-refractivity contribution is 8.33. The summed E-state index contributed by atoms with van der Waals surface area (Å²) in [6.45, 7) is 0. The fourth-order valence-electron chi connectivity index (χ4n) is 8.00. The summed E-state index contributed by atoms with van der Waals surface area (Å²) < 4.78 is 0. The molecule has 0 saturated heterocycles. The van der Waals surface area contributed by atoms with Crippen LogP contribution >= 0.6 is 10.0 Å². The lowest BCUT2D eigenvalue weighted by molar-refractivity contribution is 1.35. The molecule has 10 rings (SSSR count). The van der Waals surface area contributed by atoms with E-state index in [2.05, 4.69) is 182 Å². The monoisotopic (exact) mass is 642 g/mol. The molecule has 49 heavy (non-hydrogen) atoms. The van der Waals surface area contributed by atoms with E-state index in [9.17, 15) is 0 Å². The molecule has 0 atom stereocenters. The molecule has 0 unspecified atom stereocenters. The fraction of sp³-hybridized carbons (Fsp3) is 0.0417. The van der Waals surface area contributed by atoms with Gasteiger partial charge in [-0.25, -0.2) is 0 Å². The molecule has 0 nitrogen and oxygen atoms in total. The molecule has 0 aliphatic carbocycles. The summed E-state index contributed by atoms with van der Waals surface area (Å²) in [5.41, 5.74) is 10.3. The summed E-state index contributed by atoms with van der Waals surface area (Å²) in [6.07, 6.45) is 4.99. The van der Waals surface area contributed by atoms with E-state index in [1.807, 2.05) is 0 Å². The zero-order valence-corrected chi connectivity index (χ0v) is 28.4. The largest absolute Gasteiger partial charge is 0.192 e. The van der Waals surface area contributed by atoms with Crippen LogP contribution in [-0.4, -0.2) is 12.5 Å². The van der Waals surface area contributed by atoms with Crippen LogP contribution in [0.3, 0.4) is 0 Å². The molecule has 1 aliphatic heterocycles. The first-order valence-corrected chi connectivity index (χ1v) is 19.4. The van der Waals surface area contributed by atoms with Crippen LogP contribution in [0.4, 0.5) is 0 Å². The number of fused-ring (bicyclic) bond motifs is 5. The molecule has 1 heterocycles. The molecule has 0 bridgehead atoms. The Balaban J connectivity index is 1.23. The molecule has 0 fully saturated rings. The lowest BCUT2D eigenvalue weighted by Crippen LogP contribution is -2.07. The van der Waals surface area contributed by atoms with Crippen molar-refractivity contribution in [2.24, 2.45) is 0 Å². The van der Waals surface area contributed by atoms with Crippen molar-refractivity contribution in [3.63, 3.8) is 0 Å². The molecule has 232 valence electrons. The Hall–Kier alpha value is -5.63. The third-order valence-electron chi connectivity index (χ3n) is 10.6. The fourth-order valence-corrected chi connectivity index (χ4v) is 10.5. The Morgan fingerprint density at radius 2 is 0.673 bits per heavy atom. The van der Waals surface area contributed by atoms with Gasteiger partial charge in [0.15, 0.2) is 0 Å². The summed E-state index contributed by atoms with van der Waals surface area (Å²) in [5.74, 6) is 0. The third-order valence-corrected chi connectivity index (χ3v) is 13.5. The van der Waals surface area contributed by atoms with Gasteiger partial charge in [-0.1, -0.05) is 121 Å². The predicted molar refractivity (Wildman–Crippen MR) is 214 cm³/mol. The summed E-state index contributed by atoms with van der Waals surface area (Å²) in [4.78, 5) is 2.93. The van der Waals surface area contributed by atoms with Gasteiger partial charge in [-0.15, -0.1) is 0 Å². The van der Waals surface area contributed by atoms with Crippen molar-refractivity contribution in [2.45, 2.75) is 9.79 Å². The minimum absolute atomic E-state index is 1.25. The maximum atomic E-state index is 2.51. The van der Waals surface area contributed by atoms with E-state index in [4.69, 9.17) is 0 Å². The highest BCUT2D eigenvalue weighted by Gasteiger charge is 2.31. The lowest BCUT2D eigenvalue weighted by Gasteiger charge is -2.40. The van der Waals surface area contributed by atoms with Crippen molar-refractivity contribution in [2.75, 3.05) is 12.5 Å². The Morgan fingerprint density at radius 1 is 0.286 bits per heavy atom. The second-order valence-electron chi connectivity index (χ2n) is 13.8. The van der Waals surface area contributed by atoms with Crippen molar-refractivity contribution in [3.05, 3.63) is 170 Å². The van der Waals surface area contributed by atoms with E-state index in [1.54, 1.807) is 0 Å². The second-order valence-corrected chi connectivity index (χ2v) is 17.4. The lowest BCUT2D eigenvalue weighted by atomic mass is 9.89. The van der Waals surface area contributed by atoms with E-state index in [-0.39, 0.29) is 0 Å². The van der Waals surface area contributed by atoms with Gasteiger partial charge in [0.05, 0.1) is 0 Å². The molecule has 0 amide bonds. The van der Waals surface area contributed by atoms with Crippen molar-refractivity contribution in [3.8, 4) is 44.5 Å². The number of hydrogen-bond donors (Lipinski definition) is 0. The van der Waals surface area contributed by atoms with Gasteiger partial charge >= 0.3 is 0 Å².